The summed E-state index contributed by atoms with van der Waals surface area (Å²) in [4.78, 5) is 13.0. The van der Waals surface area contributed by atoms with Crippen molar-refractivity contribution in [1.82, 2.24) is 5.32 Å². The Bertz CT molecular complexity index is 720. The third-order valence-corrected chi connectivity index (χ3v) is 5.06. The molecule has 1 aliphatic rings. The average molecular weight is 331 g/mol. The number of carbonyl (C=O) groups excluding carboxylic acids is 1. The molecule has 2 aromatic rings. The minimum atomic E-state index is -0.212. The van der Waals surface area contributed by atoms with E-state index in [4.69, 9.17) is 4.74 Å². The lowest BCUT2D eigenvalue weighted by molar-refractivity contribution is -0.121. The predicted molar refractivity (Wildman–Crippen MR) is 89.3 cm³/mol. The van der Waals surface area contributed by atoms with Crippen molar-refractivity contribution < 1.29 is 13.9 Å². The van der Waals surface area contributed by atoms with Gasteiger partial charge in [-0.2, -0.15) is 0 Å². The molecule has 0 saturated carbocycles. The van der Waals surface area contributed by atoms with Gasteiger partial charge in [0.05, 0.1) is 19.6 Å². The van der Waals surface area contributed by atoms with Gasteiger partial charge in [0.1, 0.15) is 11.6 Å². The Morgan fingerprint density at radius 2 is 2.13 bits per heavy atom. The first kappa shape index (κ1) is 15.9. The fourth-order valence-electron chi connectivity index (χ4n) is 2.80. The highest BCUT2D eigenvalue weighted by molar-refractivity contribution is 7.99. The van der Waals surface area contributed by atoms with Crippen LogP contribution in [-0.2, 0) is 11.2 Å². The number of rotatable bonds is 4. The number of hydrogen-bond donors (Lipinski definition) is 1. The normalized spacial score (nSPS) is 16.5. The number of nitrogens with one attached hydrogen (secondary N) is 1. The van der Waals surface area contributed by atoms with E-state index >= 15 is 0 Å². The maximum atomic E-state index is 13.9. The van der Waals surface area contributed by atoms with E-state index in [2.05, 4.69) is 5.32 Å². The summed E-state index contributed by atoms with van der Waals surface area (Å²) in [5.74, 6) is 1.21. The monoisotopic (exact) mass is 331 g/mol. The smallest absolute Gasteiger partial charge is 0.225 e. The highest BCUT2D eigenvalue weighted by Gasteiger charge is 2.24. The number of para-hydroxylation sites is 1. The Labute approximate surface area is 139 Å². The molecular formula is C18H18FNO2S. The van der Waals surface area contributed by atoms with Gasteiger partial charge in [-0.05, 0) is 24.1 Å². The summed E-state index contributed by atoms with van der Waals surface area (Å²) in [5, 5.41) is 3.03. The van der Waals surface area contributed by atoms with Crippen LogP contribution in [0.4, 0.5) is 4.39 Å². The molecule has 3 rings (SSSR count). The fraction of sp³-hybridized carbons (Fsp3) is 0.278. The molecule has 0 aromatic heterocycles. The lowest BCUT2D eigenvalue weighted by atomic mass is 10.0. The number of thioether (sulfide) groups is 1. The van der Waals surface area contributed by atoms with Crippen LogP contribution < -0.4 is 10.1 Å². The molecule has 1 amide bonds. The molecule has 23 heavy (non-hydrogen) atoms. The minimum Gasteiger partial charge on any atom is -0.496 e. The topological polar surface area (TPSA) is 38.3 Å². The highest BCUT2D eigenvalue weighted by Crippen LogP contribution is 2.37. The third-order valence-electron chi connectivity index (χ3n) is 3.90. The van der Waals surface area contributed by atoms with E-state index < -0.39 is 0 Å². The number of halogens is 1. The molecule has 3 nitrogen and oxygen atoms in total. The fourth-order valence-corrected chi connectivity index (χ4v) is 3.94. The van der Waals surface area contributed by atoms with E-state index in [0.29, 0.717) is 10.6 Å². The number of fused-ring (bicyclic) bond motifs is 1. The van der Waals surface area contributed by atoms with E-state index in [1.54, 1.807) is 13.2 Å². The van der Waals surface area contributed by atoms with Crippen LogP contribution in [0.3, 0.4) is 0 Å². The Morgan fingerprint density at radius 3 is 2.96 bits per heavy atom. The number of benzene rings is 2. The Balaban J connectivity index is 1.73. The molecule has 1 atom stereocenters. The van der Waals surface area contributed by atoms with Gasteiger partial charge < -0.3 is 10.1 Å². The molecule has 0 bridgehead atoms. The molecule has 1 heterocycles. The molecule has 0 radical (unpaired) electrons. The first-order valence-corrected chi connectivity index (χ1v) is 8.50. The van der Waals surface area contributed by atoms with Crippen LogP contribution in [0.2, 0.25) is 0 Å². The summed E-state index contributed by atoms with van der Waals surface area (Å²) in [7, 11) is 1.59. The van der Waals surface area contributed by atoms with Crippen molar-refractivity contribution in [3.63, 3.8) is 0 Å². The van der Waals surface area contributed by atoms with Gasteiger partial charge in [-0.25, -0.2) is 4.39 Å². The van der Waals surface area contributed by atoms with Gasteiger partial charge >= 0.3 is 0 Å². The number of methoxy groups -OCH3 is 1. The van der Waals surface area contributed by atoms with Crippen LogP contribution in [0.5, 0.6) is 5.75 Å². The zero-order valence-electron chi connectivity index (χ0n) is 12.8. The predicted octanol–water partition coefficient (Wildman–Crippen LogP) is 3.73. The van der Waals surface area contributed by atoms with E-state index in [0.717, 1.165) is 23.3 Å². The van der Waals surface area contributed by atoms with Crippen LogP contribution in [0.1, 0.15) is 23.6 Å². The van der Waals surface area contributed by atoms with Gasteiger partial charge in [0, 0.05) is 16.2 Å². The van der Waals surface area contributed by atoms with Crippen molar-refractivity contribution in [2.45, 2.75) is 23.8 Å². The number of ether oxygens (including phenoxy) is 1. The van der Waals surface area contributed by atoms with E-state index in [1.165, 1.54) is 17.8 Å². The summed E-state index contributed by atoms with van der Waals surface area (Å²) in [6.45, 7) is 0. The molecule has 0 fully saturated rings. The largest absolute Gasteiger partial charge is 0.496 e. The second-order valence-corrected chi connectivity index (χ2v) is 6.51. The second kappa shape index (κ2) is 7.04. The Hall–Kier alpha value is -2.01. The molecule has 5 heteroatoms. The average Bonchev–Trinajstić information content (AvgIpc) is 2.56. The van der Waals surface area contributed by atoms with Gasteiger partial charge in [-0.3, -0.25) is 4.79 Å². The van der Waals surface area contributed by atoms with Crippen LogP contribution in [0, 0.1) is 5.82 Å². The molecule has 0 saturated heterocycles. The maximum absolute atomic E-state index is 13.9. The second-order valence-electron chi connectivity index (χ2n) is 5.40. The Kier molecular flexibility index (Phi) is 4.86. The molecule has 0 spiro atoms. The molecule has 2 aromatic carbocycles. The summed E-state index contributed by atoms with van der Waals surface area (Å²) < 4.78 is 19.2. The zero-order chi connectivity index (χ0) is 16.2. The highest BCUT2D eigenvalue weighted by atomic mass is 32.2. The summed E-state index contributed by atoms with van der Waals surface area (Å²) >= 11 is 1.51. The van der Waals surface area contributed by atoms with Crippen molar-refractivity contribution >= 4 is 17.7 Å². The molecule has 1 aliphatic heterocycles. The van der Waals surface area contributed by atoms with E-state index in [9.17, 15) is 9.18 Å². The van der Waals surface area contributed by atoms with Crippen molar-refractivity contribution in [2.75, 3.05) is 12.9 Å². The third kappa shape index (κ3) is 3.50. The standard InChI is InChI=1S/C18H18FNO2S/c1-22-16-8-3-2-5-12(16)11-17(21)20-15-9-10-23-18-13(15)6-4-7-14(18)19/h2-8,15H,9-11H2,1H3,(H,20,21)/t15-/m0/s1. The van der Waals surface area contributed by atoms with Crippen LogP contribution in [0.15, 0.2) is 47.4 Å². The van der Waals surface area contributed by atoms with E-state index in [-0.39, 0.29) is 24.2 Å². The lowest BCUT2D eigenvalue weighted by Crippen LogP contribution is -2.32. The SMILES string of the molecule is COc1ccccc1CC(=O)N[C@H]1CCSc2c(F)cccc21. The first-order valence-electron chi connectivity index (χ1n) is 7.51. The van der Waals surface area contributed by atoms with Crippen molar-refractivity contribution in [1.29, 1.82) is 0 Å². The molecular weight excluding hydrogens is 313 g/mol. The number of amides is 1. The Morgan fingerprint density at radius 1 is 1.30 bits per heavy atom. The maximum Gasteiger partial charge on any atom is 0.225 e. The molecule has 0 unspecified atom stereocenters. The molecule has 1 N–H and O–H groups in total. The van der Waals surface area contributed by atoms with Gasteiger partial charge in [0.15, 0.2) is 0 Å². The lowest BCUT2D eigenvalue weighted by Gasteiger charge is -2.26. The van der Waals surface area contributed by atoms with Gasteiger partial charge in [0.25, 0.3) is 0 Å². The first-order chi connectivity index (χ1) is 11.2. The van der Waals surface area contributed by atoms with Gasteiger partial charge in [0.2, 0.25) is 5.91 Å². The van der Waals surface area contributed by atoms with Crippen LogP contribution in [-0.4, -0.2) is 18.8 Å². The van der Waals surface area contributed by atoms with Gasteiger partial charge in [-0.15, -0.1) is 11.8 Å². The van der Waals surface area contributed by atoms with Crippen molar-refractivity contribution in [3.8, 4) is 5.75 Å². The van der Waals surface area contributed by atoms with Crippen molar-refractivity contribution in [2.24, 2.45) is 0 Å². The minimum absolute atomic E-state index is 0.0818. The van der Waals surface area contributed by atoms with Crippen LogP contribution >= 0.6 is 11.8 Å². The number of carbonyl (C=O) groups is 1. The summed E-state index contributed by atoms with van der Waals surface area (Å²) in [6.07, 6.45) is 1.05. The van der Waals surface area contributed by atoms with Crippen LogP contribution in [0.25, 0.3) is 0 Å². The van der Waals surface area contributed by atoms with E-state index in [1.807, 2.05) is 30.3 Å². The summed E-state index contributed by atoms with van der Waals surface area (Å²) in [5.41, 5.74) is 1.71. The number of hydrogen-bond acceptors (Lipinski definition) is 3. The summed E-state index contributed by atoms with van der Waals surface area (Å²) in [6, 6.07) is 12.4. The van der Waals surface area contributed by atoms with Crippen molar-refractivity contribution in [3.05, 3.63) is 59.4 Å². The zero-order valence-corrected chi connectivity index (χ0v) is 13.7. The molecule has 120 valence electrons. The quantitative estimate of drug-likeness (QED) is 0.928. The van der Waals surface area contributed by atoms with Gasteiger partial charge in [-0.1, -0.05) is 30.3 Å². The molecule has 0 aliphatic carbocycles.